The number of nitrogens with zero attached hydrogens (tertiary/aromatic N) is 1. The number of rotatable bonds is 13. The maximum atomic E-state index is 13.3. The van der Waals surface area contributed by atoms with Crippen molar-refractivity contribution in [1.29, 1.82) is 0 Å². The summed E-state index contributed by atoms with van der Waals surface area (Å²) in [6.07, 6.45) is 1.23. The first-order valence-electron chi connectivity index (χ1n) is 12.4. The highest BCUT2D eigenvalue weighted by molar-refractivity contribution is 5.94. The second-order valence-corrected chi connectivity index (χ2v) is 9.44. The Balaban J connectivity index is 2.16. The van der Waals surface area contributed by atoms with E-state index in [9.17, 15) is 34.2 Å². The van der Waals surface area contributed by atoms with Crippen LogP contribution in [0, 0.1) is 5.92 Å². The van der Waals surface area contributed by atoms with Crippen molar-refractivity contribution in [3.8, 4) is 5.75 Å². The molecular formula is C25H37N5O7. The number of amides is 4. The zero-order valence-electron chi connectivity index (χ0n) is 21.2. The normalized spacial score (nSPS) is 18.4. The van der Waals surface area contributed by atoms with E-state index in [1.807, 2.05) is 6.92 Å². The summed E-state index contributed by atoms with van der Waals surface area (Å²) in [7, 11) is 0. The number of carbonyl (C=O) groups is 5. The number of hydrogen-bond donors (Lipinski definition) is 6. The maximum absolute atomic E-state index is 13.3. The van der Waals surface area contributed by atoms with Crippen molar-refractivity contribution in [3.63, 3.8) is 0 Å². The average molecular weight is 520 g/mol. The standard InChI is InChI=1S/C25H37N5O7/c1-3-14(2)21(24(35)30-12-4-5-19(30)25(36)37)29-23(34)18(10-11-20(27)32)28-22(33)17(26)13-15-6-8-16(31)9-7-15/h6-9,14,17-19,21,31H,3-5,10-13,26H2,1-2H3,(H2,27,32)(H,28,33)(H,29,34)(H,36,37). The summed E-state index contributed by atoms with van der Waals surface area (Å²) in [5.74, 6) is -3.87. The predicted octanol–water partition coefficient (Wildman–Crippen LogP) is -0.381. The SMILES string of the molecule is CCC(C)C(NC(=O)C(CCC(N)=O)NC(=O)C(N)Cc1ccc(O)cc1)C(=O)N1CCCC1C(=O)O. The quantitative estimate of drug-likeness (QED) is 0.202. The minimum Gasteiger partial charge on any atom is -0.508 e. The number of hydrogen-bond acceptors (Lipinski definition) is 7. The Hall–Kier alpha value is -3.67. The highest BCUT2D eigenvalue weighted by Gasteiger charge is 2.40. The second kappa shape index (κ2) is 13.6. The van der Waals surface area contributed by atoms with Crippen molar-refractivity contribution in [2.45, 2.75) is 76.5 Å². The third-order valence-corrected chi connectivity index (χ3v) is 6.64. The summed E-state index contributed by atoms with van der Waals surface area (Å²) in [4.78, 5) is 63.6. The first-order valence-corrected chi connectivity index (χ1v) is 12.4. The number of phenolic OH excluding ortho intramolecular Hbond substituents is 1. The Morgan fingerprint density at radius 3 is 2.32 bits per heavy atom. The minimum absolute atomic E-state index is 0.0685. The number of carbonyl (C=O) groups excluding carboxylic acids is 4. The molecule has 1 aromatic rings. The molecule has 5 unspecified atom stereocenters. The lowest BCUT2D eigenvalue weighted by atomic mass is 9.96. The van der Waals surface area contributed by atoms with Gasteiger partial charge in [-0.15, -0.1) is 0 Å². The summed E-state index contributed by atoms with van der Waals surface area (Å²) in [5, 5.41) is 24.1. The maximum Gasteiger partial charge on any atom is 0.326 e. The second-order valence-electron chi connectivity index (χ2n) is 9.44. The fourth-order valence-corrected chi connectivity index (χ4v) is 4.22. The summed E-state index contributed by atoms with van der Waals surface area (Å²) >= 11 is 0. The van der Waals surface area contributed by atoms with Gasteiger partial charge in [0.25, 0.3) is 0 Å². The Labute approximate surface area is 215 Å². The number of nitrogens with one attached hydrogen (secondary N) is 2. The first-order chi connectivity index (χ1) is 17.4. The number of carboxylic acids is 1. The summed E-state index contributed by atoms with van der Waals surface area (Å²) in [6, 6.07) is 1.96. The van der Waals surface area contributed by atoms with Gasteiger partial charge in [0.15, 0.2) is 0 Å². The Morgan fingerprint density at radius 1 is 1.11 bits per heavy atom. The number of nitrogens with two attached hydrogens (primary N) is 2. The van der Waals surface area contributed by atoms with Gasteiger partial charge in [-0.3, -0.25) is 19.2 Å². The first kappa shape index (κ1) is 29.6. The molecule has 1 aliphatic rings. The molecule has 0 radical (unpaired) electrons. The molecule has 1 aromatic carbocycles. The third kappa shape index (κ3) is 8.45. The average Bonchev–Trinajstić information content (AvgIpc) is 3.35. The molecule has 0 saturated carbocycles. The smallest absolute Gasteiger partial charge is 0.326 e. The summed E-state index contributed by atoms with van der Waals surface area (Å²) in [5.41, 5.74) is 12.0. The van der Waals surface area contributed by atoms with Gasteiger partial charge in [-0.1, -0.05) is 32.4 Å². The largest absolute Gasteiger partial charge is 0.508 e. The number of aromatic hydroxyl groups is 1. The molecule has 0 aromatic heterocycles. The van der Waals surface area contributed by atoms with E-state index < -0.39 is 53.8 Å². The van der Waals surface area contributed by atoms with E-state index in [0.29, 0.717) is 24.8 Å². The highest BCUT2D eigenvalue weighted by atomic mass is 16.4. The number of benzene rings is 1. The lowest BCUT2D eigenvalue weighted by Crippen LogP contribution is -2.58. The van der Waals surface area contributed by atoms with Crippen LogP contribution < -0.4 is 22.1 Å². The van der Waals surface area contributed by atoms with E-state index >= 15 is 0 Å². The van der Waals surface area contributed by atoms with Crippen molar-refractivity contribution in [2.75, 3.05) is 6.54 Å². The number of primary amides is 1. The van der Waals surface area contributed by atoms with Gasteiger partial charge in [0, 0.05) is 13.0 Å². The van der Waals surface area contributed by atoms with Gasteiger partial charge in [-0.25, -0.2) is 4.79 Å². The topological polar surface area (TPSA) is 205 Å². The highest BCUT2D eigenvalue weighted by Crippen LogP contribution is 2.21. The molecule has 0 spiro atoms. The van der Waals surface area contributed by atoms with Crippen LogP contribution in [-0.4, -0.2) is 75.4 Å². The van der Waals surface area contributed by atoms with Crippen LogP contribution in [0.2, 0.25) is 0 Å². The molecule has 4 amide bonds. The van der Waals surface area contributed by atoms with Gasteiger partial charge in [0.05, 0.1) is 6.04 Å². The lowest BCUT2D eigenvalue weighted by Gasteiger charge is -2.31. The van der Waals surface area contributed by atoms with Crippen molar-refractivity contribution >= 4 is 29.6 Å². The van der Waals surface area contributed by atoms with Crippen LogP contribution in [-0.2, 0) is 30.4 Å². The van der Waals surface area contributed by atoms with E-state index in [1.165, 1.54) is 17.0 Å². The molecule has 8 N–H and O–H groups in total. The number of likely N-dealkylation sites (tertiary alicyclic amines) is 1. The van der Waals surface area contributed by atoms with E-state index in [0.717, 1.165) is 0 Å². The summed E-state index contributed by atoms with van der Waals surface area (Å²) in [6.45, 7) is 3.87. The van der Waals surface area contributed by atoms with Gasteiger partial charge in [0.2, 0.25) is 23.6 Å². The Kier molecular flexibility index (Phi) is 10.9. The monoisotopic (exact) mass is 519 g/mol. The molecule has 1 saturated heterocycles. The number of phenols is 1. The van der Waals surface area contributed by atoms with Crippen LogP contribution >= 0.6 is 0 Å². The summed E-state index contributed by atoms with van der Waals surface area (Å²) < 4.78 is 0. The van der Waals surface area contributed by atoms with Gasteiger partial charge in [-0.2, -0.15) is 0 Å². The zero-order valence-corrected chi connectivity index (χ0v) is 21.2. The fourth-order valence-electron chi connectivity index (χ4n) is 4.22. The Bertz CT molecular complexity index is 984. The molecule has 37 heavy (non-hydrogen) atoms. The molecular weight excluding hydrogens is 482 g/mol. The van der Waals surface area contributed by atoms with Gasteiger partial charge >= 0.3 is 5.97 Å². The van der Waals surface area contributed by atoms with Gasteiger partial charge in [-0.05, 0) is 49.3 Å². The molecule has 5 atom stereocenters. The van der Waals surface area contributed by atoms with Crippen LogP contribution in [0.25, 0.3) is 0 Å². The molecule has 2 rings (SSSR count). The molecule has 204 valence electrons. The van der Waals surface area contributed by atoms with Crippen LogP contribution in [0.15, 0.2) is 24.3 Å². The van der Waals surface area contributed by atoms with E-state index in [-0.39, 0.29) is 37.5 Å². The minimum atomic E-state index is -1.20. The molecule has 12 heteroatoms. The predicted molar refractivity (Wildman–Crippen MR) is 134 cm³/mol. The number of carboxylic acid groups (broad SMARTS) is 1. The van der Waals surface area contributed by atoms with Crippen LogP contribution in [0.5, 0.6) is 5.75 Å². The van der Waals surface area contributed by atoms with Crippen molar-refractivity contribution in [3.05, 3.63) is 29.8 Å². The molecule has 0 aliphatic carbocycles. The molecule has 1 fully saturated rings. The zero-order chi connectivity index (χ0) is 27.7. The van der Waals surface area contributed by atoms with Crippen LogP contribution in [0.4, 0.5) is 0 Å². The van der Waals surface area contributed by atoms with E-state index in [4.69, 9.17) is 11.5 Å². The van der Waals surface area contributed by atoms with Crippen molar-refractivity contribution in [1.82, 2.24) is 15.5 Å². The van der Waals surface area contributed by atoms with Gasteiger partial charge < -0.3 is 37.2 Å². The van der Waals surface area contributed by atoms with Crippen LogP contribution in [0.1, 0.15) is 51.5 Å². The van der Waals surface area contributed by atoms with Crippen molar-refractivity contribution in [2.24, 2.45) is 17.4 Å². The van der Waals surface area contributed by atoms with Crippen LogP contribution in [0.3, 0.4) is 0 Å². The van der Waals surface area contributed by atoms with Gasteiger partial charge in [0.1, 0.15) is 23.9 Å². The van der Waals surface area contributed by atoms with Crippen molar-refractivity contribution < 1.29 is 34.2 Å². The third-order valence-electron chi connectivity index (χ3n) is 6.64. The molecule has 1 heterocycles. The van der Waals surface area contributed by atoms with E-state index in [2.05, 4.69) is 10.6 Å². The van der Waals surface area contributed by atoms with E-state index in [1.54, 1.807) is 19.1 Å². The fraction of sp³-hybridized carbons (Fsp3) is 0.560. The Morgan fingerprint density at radius 2 is 1.76 bits per heavy atom. The molecule has 1 aliphatic heterocycles. The molecule has 0 bridgehead atoms. The molecule has 12 nitrogen and oxygen atoms in total. The number of aliphatic carboxylic acids is 1. The lowest BCUT2D eigenvalue weighted by molar-refractivity contribution is -0.150.